The van der Waals surface area contributed by atoms with Crippen LogP contribution < -0.4 is 10.5 Å². The molecule has 2 aromatic carbocycles. The Kier molecular flexibility index (Phi) is 3.40. The highest BCUT2D eigenvalue weighted by atomic mass is 79.9. The van der Waals surface area contributed by atoms with Gasteiger partial charge in [0, 0.05) is 33.8 Å². The standard InChI is InChI=1S/C16H15BrN2O/c1-20-13-5-6-15-11(9-13)7-8-19(15)10-12-3-2-4-14(18)16(12)17/h2-9H,10,18H2,1H3. The summed E-state index contributed by atoms with van der Waals surface area (Å²) in [5.41, 5.74) is 9.04. The molecule has 0 radical (unpaired) electrons. The van der Waals surface area contributed by atoms with E-state index in [1.807, 2.05) is 24.3 Å². The predicted octanol–water partition coefficient (Wildman–Crippen LogP) is 4.04. The highest BCUT2D eigenvalue weighted by Gasteiger charge is 2.07. The third-order valence-electron chi connectivity index (χ3n) is 3.43. The Bertz CT molecular complexity index is 764. The van der Waals surface area contributed by atoms with Gasteiger partial charge in [0.05, 0.1) is 7.11 Å². The molecule has 0 fully saturated rings. The van der Waals surface area contributed by atoms with Gasteiger partial charge >= 0.3 is 0 Å². The summed E-state index contributed by atoms with van der Waals surface area (Å²) in [6.07, 6.45) is 2.08. The molecule has 0 aliphatic rings. The van der Waals surface area contributed by atoms with Gasteiger partial charge in [0.2, 0.25) is 0 Å². The number of rotatable bonds is 3. The van der Waals surface area contributed by atoms with Crippen molar-refractivity contribution in [2.75, 3.05) is 12.8 Å². The number of hydrogen-bond donors (Lipinski definition) is 1. The van der Waals surface area contributed by atoms with Crippen molar-refractivity contribution in [2.45, 2.75) is 6.54 Å². The fourth-order valence-corrected chi connectivity index (χ4v) is 2.74. The molecule has 0 saturated carbocycles. The lowest BCUT2D eigenvalue weighted by Crippen LogP contribution is -2.00. The summed E-state index contributed by atoms with van der Waals surface area (Å²) in [7, 11) is 1.68. The average molecular weight is 331 g/mol. The predicted molar refractivity (Wildman–Crippen MR) is 86.1 cm³/mol. The molecule has 3 rings (SSSR count). The number of hydrogen-bond acceptors (Lipinski definition) is 2. The van der Waals surface area contributed by atoms with Crippen LogP contribution in [0.4, 0.5) is 5.69 Å². The number of anilines is 1. The first kappa shape index (κ1) is 13.1. The topological polar surface area (TPSA) is 40.2 Å². The zero-order chi connectivity index (χ0) is 14.1. The van der Waals surface area contributed by atoms with Crippen molar-refractivity contribution in [1.29, 1.82) is 0 Å². The van der Waals surface area contributed by atoms with Crippen LogP contribution in [0.3, 0.4) is 0 Å². The summed E-state index contributed by atoms with van der Waals surface area (Å²) >= 11 is 3.55. The molecule has 0 spiro atoms. The first-order valence-electron chi connectivity index (χ1n) is 6.35. The number of nitrogens with two attached hydrogens (primary N) is 1. The van der Waals surface area contributed by atoms with Crippen molar-refractivity contribution in [3.63, 3.8) is 0 Å². The van der Waals surface area contributed by atoms with Gasteiger partial charge < -0.3 is 15.0 Å². The number of ether oxygens (including phenoxy) is 1. The normalized spacial score (nSPS) is 10.9. The fourth-order valence-electron chi connectivity index (χ4n) is 2.35. The minimum absolute atomic E-state index is 0.764. The lowest BCUT2D eigenvalue weighted by molar-refractivity contribution is 0.415. The second-order valence-corrected chi connectivity index (χ2v) is 5.48. The Morgan fingerprint density at radius 2 is 2.05 bits per heavy atom. The molecular formula is C16H15BrN2O. The van der Waals surface area contributed by atoms with E-state index in [1.165, 1.54) is 16.5 Å². The van der Waals surface area contributed by atoms with Gasteiger partial charge in [-0.05, 0) is 51.8 Å². The van der Waals surface area contributed by atoms with E-state index in [-0.39, 0.29) is 0 Å². The molecule has 0 aliphatic carbocycles. The highest BCUT2D eigenvalue weighted by Crippen LogP contribution is 2.27. The Morgan fingerprint density at radius 3 is 2.85 bits per heavy atom. The molecule has 0 amide bonds. The third kappa shape index (κ3) is 2.27. The van der Waals surface area contributed by atoms with Crippen molar-refractivity contribution in [1.82, 2.24) is 4.57 Å². The van der Waals surface area contributed by atoms with E-state index in [2.05, 4.69) is 44.9 Å². The van der Waals surface area contributed by atoms with Crippen molar-refractivity contribution in [3.05, 3.63) is 58.7 Å². The zero-order valence-corrected chi connectivity index (χ0v) is 12.7. The van der Waals surface area contributed by atoms with Crippen LogP contribution in [0.15, 0.2) is 53.1 Å². The van der Waals surface area contributed by atoms with Crippen LogP contribution in [0.5, 0.6) is 5.75 Å². The summed E-state index contributed by atoms with van der Waals surface area (Å²) < 4.78 is 8.42. The Balaban J connectivity index is 2.01. The molecule has 0 saturated heterocycles. The minimum atomic E-state index is 0.764. The first-order valence-corrected chi connectivity index (χ1v) is 7.14. The molecule has 102 valence electrons. The second-order valence-electron chi connectivity index (χ2n) is 4.69. The van der Waals surface area contributed by atoms with Crippen LogP contribution in [-0.4, -0.2) is 11.7 Å². The molecule has 0 bridgehead atoms. The van der Waals surface area contributed by atoms with Crippen LogP contribution in [0.1, 0.15) is 5.56 Å². The fraction of sp³-hybridized carbons (Fsp3) is 0.125. The number of halogens is 1. The van der Waals surface area contributed by atoms with Crippen LogP contribution in [0.25, 0.3) is 10.9 Å². The molecule has 0 unspecified atom stereocenters. The second kappa shape index (κ2) is 5.21. The third-order valence-corrected chi connectivity index (χ3v) is 4.39. The number of nitrogens with zero attached hydrogens (tertiary/aromatic N) is 1. The SMILES string of the molecule is COc1ccc2c(ccn2Cc2cccc(N)c2Br)c1. The maximum atomic E-state index is 5.93. The molecule has 1 heterocycles. The first-order chi connectivity index (χ1) is 9.69. The molecule has 0 aliphatic heterocycles. The van der Waals surface area contributed by atoms with Gasteiger partial charge in [0.25, 0.3) is 0 Å². The van der Waals surface area contributed by atoms with E-state index in [4.69, 9.17) is 10.5 Å². The van der Waals surface area contributed by atoms with Crippen molar-refractivity contribution >= 4 is 32.5 Å². The zero-order valence-electron chi connectivity index (χ0n) is 11.1. The summed E-state index contributed by atoms with van der Waals surface area (Å²) in [4.78, 5) is 0. The smallest absolute Gasteiger partial charge is 0.119 e. The molecule has 3 aromatic rings. The average Bonchev–Trinajstić information content (AvgIpc) is 2.86. The minimum Gasteiger partial charge on any atom is -0.497 e. The van der Waals surface area contributed by atoms with E-state index in [0.717, 1.165) is 22.5 Å². The van der Waals surface area contributed by atoms with E-state index < -0.39 is 0 Å². The summed E-state index contributed by atoms with van der Waals surface area (Å²) in [5, 5.41) is 1.17. The van der Waals surface area contributed by atoms with Gasteiger partial charge in [-0.15, -0.1) is 0 Å². The van der Waals surface area contributed by atoms with Gasteiger partial charge in [-0.3, -0.25) is 0 Å². The van der Waals surface area contributed by atoms with Crippen molar-refractivity contribution in [3.8, 4) is 5.75 Å². The van der Waals surface area contributed by atoms with Gasteiger partial charge in [0.15, 0.2) is 0 Å². The van der Waals surface area contributed by atoms with Crippen LogP contribution in [0, 0.1) is 0 Å². The quantitative estimate of drug-likeness (QED) is 0.736. The van der Waals surface area contributed by atoms with Crippen LogP contribution in [0.2, 0.25) is 0 Å². The largest absolute Gasteiger partial charge is 0.497 e. The number of nitrogen functional groups attached to an aromatic ring is 1. The Hall–Kier alpha value is -1.94. The Labute approximate surface area is 126 Å². The van der Waals surface area contributed by atoms with Gasteiger partial charge in [-0.2, -0.15) is 0 Å². The van der Waals surface area contributed by atoms with E-state index in [1.54, 1.807) is 7.11 Å². The highest BCUT2D eigenvalue weighted by molar-refractivity contribution is 9.10. The molecule has 2 N–H and O–H groups in total. The van der Waals surface area contributed by atoms with Gasteiger partial charge in [0.1, 0.15) is 5.75 Å². The molecule has 20 heavy (non-hydrogen) atoms. The maximum absolute atomic E-state index is 5.93. The number of benzene rings is 2. The van der Waals surface area contributed by atoms with Crippen LogP contribution >= 0.6 is 15.9 Å². The van der Waals surface area contributed by atoms with Crippen molar-refractivity contribution in [2.24, 2.45) is 0 Å². The van der Waals surface area contributed by atoms with Gasteiger partial charge in [-0.1, -0.05) is 12.1 Å². The number of methoxy groups -OCH3 is 1. The monoisotopic (exact) mass is 330 g/mol. The maximum Gasteiger partial charge on any atom is 0.119 e. The molecular weight excluding hydrogens is 316 g/mol. The van der Waals surface area contributed by atoms with E-state index in [9.17, 15) is 0 Å². The molecule has 3 nitrogen and oxygen atoms in total. The summed E-state index contributed by atoms with van der Waals surface area (Å²) in [5.74, 6) is 0.875. The summed E-state index contributed by atoms with van der Waals surface area (Å²) in [6.45, 7) is 0.779. The van der Waals surface area contributed by atoms with E-state index >= 15 is 0 Å². The van der Waals surface area contributed by atoms with E-state index in [0.29, 0.717) is 0 Å². The lowest BCUT2D eigenvalue weighted by atomic mass is 10.2. The van der Waals surface area contributed by atoms with Crippen LogP contribution in [-0.2, 0) is 6.54 Å². The molecule has 4 heteroatoms. The molecule has 0 atom stereocenters. The number of aromatic nitrogens is 1. The molecule has 1 aromatic heterocycles. The summed E-state index contributed by atoms with van der Waals surface area (Å²) in [6, 6.07) is 14.1. The van der Waals surface area contributed by atoms with Crippen molar-refractivity contribution < 1.29 is 4.74 Å². The lowest BCUT2D eigenvalue weighted by Gasteiger charge is -2.10. The van der Waals surface area contributed by atoms with Gasteiger partial charge in [-0.25, -0.2) is 0 Å². The Morgan fingerprint density at radius 1 is 1.20 bits per heavy atom. The number of fused-ring (bicyclic) bond motifs is 1.